The van der Waals surface area contributed by atoms with Crippen LogP contribution in [-0.2, 0) is 0 Å². The molecule has 0 unspecified atom stereocenters. The predicted molar refractivity (Wildman–Crippen MR) is 85.7 cm³/mol. The highest BCUT2D eigenvalue weighted by atomic mass is 19.1. The Hall–Kier alpha value is -2.50. The van der Waals surface area contributed by atoms with Gasteiger partial charge in [0.1, 0.15) is 18.0 Å². The maximum Gasteiger partial charge on any atom is 0.253 e. The standard InChI is InChI=1S/C17H19FN4O/c1-12-2-3-13(10-15(12)18)17(23)22-8-5-14(6-9-22)21-16-4-7-19-11-20-16/h2-4,7,10-11,14H,5-6,8-9H2,1H3,(H,19,20,21). The van der Waals surface area contributed by atoms with Crippen LogP contribution in [0.5, 0.6) is 0 Å². The Bertz CT molecular complexity index is 684. The third-order valence-corrected chi connectivity index (χ3v) is 4.13. The third kappa shape index (κ3) is 3.64. The highest BCUT2D eigenvalue weighted by molar-refractivity contribution is 5.94. The maximum absolute atomic E-state index is 13.6. The monoisotopic (exact) mass is 314 g/mol. The normalized spacial score (nSPS) is 15.5. The summed E-state index contributed by atoms with van der Waals surface area (Å²) in [5.74, 6) is 0.353. The van der Waals surface area contributed by atoms with Crippen LogP contribution >= 0.6 is 0 Å². The van der Waals surface area contributed by atoms with Crippen molar-refractivity contribution in [1.29, 1.82) is 0 Å². The fourth-order valence-corrected chi connectivity index (χ4v) is 2.72. The van der Waals surface area contributed by atoms with Crippen LogP contribution in [0.1, 0.15) is 28.8 Å². The molecule has 1 saturated heterocycles. The smallest absolute Gasteiger partial charge is 0.253 e. The van der Waals surface area contributed by atoms with Crippen molar-refractivity contribution >= 4 is 11.7 Å². The molecule has 0 spiro atoms. The van der Waals surface area contributed by atoms with Crippen LogP contribution in [0.25, 0.3) is 0 Å². The number of aryl methyl sites for hydroxylation is 1. The van der Waals surface area contributed by atoms with Gasteiger partial charge in [-0.25, -0.2) is 14.4 Å². The lowest BCUT2D eigenvalue weighted by Gasteiger charge is -2.32. The lowest BCUT2D eigenvalue weighted by atomic mass is 10.0. The Kier molecular flexibility index (Phi) is 4.50. The van der Waals surface area contributed by atoms with Gasteiger partial charge in [-0.15, -0.1) is 0 Å². The van der Waals surface area contributed by atoms with E-state index in [4.69, 9.17) is 0 Å². The van der Waals surface area contributed by atoms with Crippen LogP contribution in [0.2, 0.25) is 0 Å². The molecule has 3 rings (SSSR count). The van der Waals surface area contributed by atoms with Gasteiger partial charge in [-0.2, -0.15) is 0 Å². The molecule has 0 bridgehead atoms. The molecule has 0 radical (unpaired) electrons. The van der Waals surface area contributed by atoms with Gasteiger partial charge in [0.2, 0.25) is 0 Å². The lowest BCUT2D eigenvalue weighted by molar-refractivity contribution is 0.0718. The number of piperidine rings is 1. The number of hydrogen-bond acceptors (Lipinski definition) is 4. The molecule has 1 aromatic carbocycles. The molecule has 120 valence electrons. The number of anilines is 1. The number of rotatable bonds is 3. The molecule has 1 N–H and O–H groups in total. The van der Waals surface area contributed by atoms with Gasteiger partial charge in [0, 0.05) is 30.9 Å². The first-order valence-electron chi connectivity index (χ1n) is 7.71. The first-order chi connectivity index (χ1) is 11.1. The summed E-state index contributed by atoms with van der Waals surface area (Å²) in [6, 6.07) is 6.76. The van der Waals surface area contributed by atoms with Crippen molar-refractivity contribution in [2.45, 2.75) is 25.8 Å². The molecular weight excluding hydrogens is 295 g/mol. The number of likely N-dealkylation sites (tertiary alicyclic amines) is 1. The zero-order valence-electron chi connectivity index (χ0n) is 13.0. The van der Waals surface area contributed by atoms with E-state index in [2.05, 4.69) is 15.3 Å². The van der Waals surface area contributed by atoms with Crippen LogP contribution in [0.15, 0.2) is 36.8 Å². The minimum atomic E-state index is -0.337. The molecule has 1 aromatic heterocycles. The number of amides is 1. The molecule has 1 fully saturated rings. The summed E-state index contributed by atoms with van der Waals surface area (Å²) in [6.07, 6.45) is 4.88. The number of benzene rings is 1. The fourth-order valence-electron chi connectivity index (χ4n) is 2.72. The van der Waals surface area contributed by atoms with Crippen molar-refractivity contribution in [2.75, 3.05) is 18.4 Å². The summed E-state index contributed by atoms with van der Waals surface area (Å²) in [4.78, 5) is 22.3. The Morgan fingerprint density at radius 2 is 2.09 bits per heavy atom. The van der Waals surface area contributed by atoms with E-state index in [0.717, 1.165) is 18.7 Å². The van der Waals surface area contributed by atoms with Crippen molar-refractivity contribution in [1.82, 2.24) is 14.9 Å². The quantitative estimate of drug-likeness (QED) is 0.946. The first-order valence-corrected chi connectivity index (χ1v) is 7.71. The van der Waals surface area contributed by atoms with E-state index in [9.17, 15) is 9.18 Å². The Labute approximate surface area is 134 Å². The van der Waals surface area contributed by atoms with Gasteiger partial charge < -0.3 is 10.2 Å². The van der Waals surface area contributed by atoms with Gasteiger partial charge in [-0.05, 0) is 43.5 Å². The Morgan fingerprint density at radius 3 is 2.74 bits per heavy atom. The number of nitrogens with zero attached hydrogens (tertiary/aromatic N) is 3. The molecule has 23 heavy (non-hydrogen) atoms. The molecule has 1 aliphatic rings. The number of aromatic nitrogens is 2. The van der Waals surface area contributed by atoms with Crippen LogP contribution in [-0.4, -0.2) is 39.9 Å². The van der Waals surface area contributed by atoms with E-state index in [0.29, 0.717) is 24.2 Å². The summed E-state index contributed by atoms with van der Waals surface area (Å²) >= 11 is 0. The second kappa shape index (κ2) is 6.73. The Morgan fingerprint density at radius 1 is 1.30 bits per heavy atom. The van der Waals surface area contributed by atoms with E-state index in [1.165, 1.54) is 12.4 Å². The van der Waals surface area contributed by atoms with Crippen LogP contribution in [0.4, 0.5) is 10.2 Å². The molecule has 1 aliphatic heterocycles. The topological polar surface area (TPSA) is 58.1 Å². The van der Waals surface area contributed by atoms with Gasteiger partial charge >= 0.3 is 0 Å². The van der Waals surface area contributed by atoms with E-state index in [-0.39, 0.29) is 17.8 Å². The number of hydrogen-bond donors (Lipinski definition) is 1. The van der Waals surface area contributed by atoms with Crippen molar-refractivity contribution in [2.24, 2.45) is 0 Å². The Balaban J connectivity index is 1.58. The van der Waals surface area contributed by atoms with Crippen LogP contribution in [0, 0.1) is 12.7 Å². The number of halogens is 1. The zero-order chi connectivity index (χ0) is 16.2. The predicted octanol–water partition coefficient (Wildman–Crippen LogP) is 2.64. The number of carbonyl (C=O) groups is 1. The second-order valence-electron chi connectivity index (χ2n) is 5.77. The second-order valence-corrected chi connectivity index (χ2v) is 5.77. The van der Waals surface area contributed by atoms with Crippen LogP contribution in [0.3, 0.4) is 0 Å². The van der Waals surface area contributed by atoms with Gasteiger partial charge in [0.25, 0.3) is 5.91 Å². The summed E-state index contributed by atoms with van der Waals surface area (Å²) in [5, 5.41) is 3.35. The van der Waals surface area contributed by atoms with Crippen molar-refractivity contribution in [3.8, 4) is 0 Å². The number of nitrogens with one attached hydrogen (secondary N) is 1. The van der Waals surface area contributed by atoms with Gasteiger partial charge in [0.05, 0.1) is 0 Å². The third-order valence-electron chi connectivity index (χ3n) is 4.13. The summed E-state index contributed by atoms with van der Waals surface area (Å²) in [6.45, 7) is 2.99. The summed E-state index contributed by atoms with van der Waals surface area (Å²) in [7, 11) is 0. The minimum Gasteiger partial charge on any atom is -0.367 e. The van der Waals surface area contributed by atoms with Crippen molar-refractivity contribution < 1.29 is 9.18 Å². The molecule has 0 aliphatic carbocycles. The van der Waals surface area contributed by atoms with E-state index >= 15 is 0 Å². The largest absolute Gasteiger partial charge is 0.367 e. The summed E-state index contributed by atoms with van der Waals surface area (Å²) < 4.78 is 13.6. The molecule has 5 nitrogen and oxygen atoms in total. The molecular formula is C17H19FN4O. The highest BCUT2D eigenvalue weighted by Gasteiger charge is 2.24. The molecule has 2 heterocycles. The molecule has 0 atom stereocenters. The maximum atomic E-state index is 13.6. The van der Waals surface area contributed by atoms with Crippen molar-refractivity contribution in [3.63, 3.8) is 0 Å². The van der Waals surface area contributed by atoms with E-state index in [1.54, 1.807) is 30.2 Å². The highest BCUT2D eigenvalue weighted by Crippen LogP contribution is 2.18. The number of carbonyl (C=O) groups excluding carboxylic acids is 1. The first kappa shape index (κ1) is 15.4. The summed E-state index contributed by atoms with van der Waals surface area (Å²) in [5.41, 5.74) is 0.963. The van der Waals surface area contributed by atoms with Gasteiger partial charge in [-0.1, -0.05) is 6.07 Å². The van der Waals surface area contributed by atoms with Gasteiger partial charge in [0.15, 0.2) is 0 Å². The molecule has 2 aromatic rings. The zero-order valence-corrected chi connectivity index (χ0v) is 13.0. The van der Waals surface area contributed by atoms with Crippen molar-refractivity contribution in [3.05, 3.63) is 53.7 Å². The fraction of sp³-hybridized carbons (Fsp3) is 0.353. The van der Waals surface area contributed by atoms with Crippen LogP contribution < -0.4 is 5.32 Å². The molecule has 0 saturated carbocycles. The van der Waals surface area contributed by atoms with Gasteiger partial charge in [-0.3, -0.25) is 4.79 Å². The molecule has 6 heteroatoms. The average Bonchev–Trinajstić information content (AvgIpc) is 2.58. The SMILES string of the molecule is Cc1ccc(C(=O)N2CCC(Nc3ccncn3)CC2)cc1F. The average molecular weight is 314 g/mol. The van der Waals surface area contributed by atoms with E-state index < -0.39 is 0 Å². The minimum absolute atomic E-state index is 0.107. The van der Waals surface area contributed by atoms with E-state index in [1.807, 2.05) is 6.07 Å². The lowest BCUT2D eigenvalue weighted by Crippen LogP contribution is -2.42. The molecule has 1 amide bonds.